The number of amides is 3. The molecular weight excluding hydrogens is 556 g/mol. The molecule has 1 unspecified atom stereocenters. The molecule has 2 saturated heterocycles. The summed E-state index contributed by atoms with van der Waals surface area (Å²) < 4.78 is 11.8. The average Bonchev–Trinajstić information content (AvgIpc) is 3.29. The van der Waals surface area contributed by atoms with Crippen molar-refractivity contribution in [2.45, 2.75) is 78.4 Å². The van der Waals surface area contributed by atoms with Crippen LogP contribution in [-0.2, 0) is 19.1 Å². The van der Waals surface area contributed by atoms with E-state index in [2.05, 4.69) is 15.5 Å². The average molecular weight is 601 g/mol. The highest BCUT2D eigenvalue weighted by atomic mass is 32.1. The molecule has 11 heteroatoms. The van der Waals surface area contributed by atoms with Crippen LogP contribution in [0.15, 0.2) is 24.3 Å². The van der Waals surface area contributed by atoms with Gasteiger partial charge in [0.15, 0.2) is 0 Å². The van der Waals surface area contributed by atoms with Crippen molar-refractivity contribution in [3.05, 3.63) is 29.8 Å². The predicted octanol–water partition coefficient (Wildman–Crippen LogP) is 5.02. The fourth-order valence-corrected chi connectivity index (χ4v) is 7.13. The topological polar surface area (TPSA) is 117 Å². The highest BCUT2D eigenvalue weighted by Gasteiger charge is 2.46. The van der Waals surface area contributed by atoms with Gasteiger partial charge in [0, 0.05) is 48.7 Å². The van der Waals surface area contributed by atoms with Crippen LogP contribution >= 0.6 is 11.3 Å². The van der Waals surface area contributed by atoms with Crippen LogP contribution in [0.1, 0.15) is 77.1 Å². The lowest BCUT2D eigenvalue weighted by atomic mass is 9.76. The van der Waals surface area contributed by atoms with E-state index in [9.17, 15) is 19.2 Å². The number of fused-ring (bicyclic) bond motifs is 1. The third kappa shape index (κ3) is 7.42. The third-order valence-electron chi connectivity index (χ3n) is 7.88. The van der Waals surface area contributed by atoms with Crippen LogP contribution in [0, 0.1) is 5.41 Å². The molecular formula is C31H44N4O6S. The van der Waals surface area contributed by atoms with Gasteiger partial charge in [-0.05, 0) is 72.9 Å². The fourth-order valence-electron chi connectivity index (χ4n) is 6.05. The summed E-state index contributed by atoms with van der Waals surface area (Å²) in [5.41, 5.74) is -1.04. The maximum Gasteiger partial charge on any atom is 0.412 e. The summed E-state index contributed by atoms with van der Waals surface area (Å²) in [6.45, 7) is 12.3. The largest absolute Gasteiger partial charge is 0.466 e. The Bertz CT molecular complexity index is 1300. The number of carbonyl (C=O) groups is 4. The number of hydrogen-bond donors (Lipinski definition) is 2. The highest BCUT2D eigenvalue weighted by Crippen LogP contribution is 2.39. The quantitative estimate of drug-likeness (QED) is 0.409. The molecule has 3 heterocycles. The first-order chi connectivity index (χ1) is 20.0. The van der Waals surface area contributed by atoms with Crippen molar-refractivity contribution in [1.82, 2.24) is 15.1 Å². The molecule has 3 amide bonds. The van der Waals surface area contributed by atoms with Gasteiger partial charge >= 0.3 is 12.1 Å². The lowest BCUT2D eigenvalue weighted by Gasteiger charge is -2.46. The van der Waals surface area contributed by atoms with Crippen LogP contribution in [0.5, 0.6) is 0 Å². The maximum absolute atomic E-state index is 13.9. The molecule has 10 nitrogen and oxygen atoms in total. The molecule has 0 radical (unpaired) electrons. The molecule has 2 aliphatic heterocycles. The summed E-state index contributed by atoms with van der Waals surface area (Å²) in [6, 6.07) is 7.84. The standard InChI is InChI=1S/C31H44N4O6S/c1-6-32-24(36)19-31(28(38)40-7-2)15-10-16-35(20-31)21-13-17-34(18-14-21)27(37)25-22-11-8-9-12-23(22)42-26(25)33-29(39)41-30(3,4)5/h8-9,11-12,21H,6-7,10,13-20H2,1-5H3,(H,32,36)(H,33,39). The SMILES string of the molecule is CCNC(=O)CC1(C(=O)OCC)CCCN(C2CCN(C(=O)c3c(NC(=O)OC(C)(C)C)sc4ccccc34)CC2)C1. The second-order valence-electron chi connectivity index (χ2n) is 12.2. The minimum absolute atomic E-state index is 0.117. The molecule has 4 rings (SSSR count). The number of nitrogens with one attached hydrogen (secondary N) is 2. The zero-order valence-corrected chi connectivity index (χ0v) is 26.2. The number of thiophene rings is 1. The van der Waals surface area contributed by atoms with Crippen molar-refractivity contribution in [2.75, 3.05) is 44.6 Å². The Labute approximate surface area is 252 Å². The van der Waals surface area contributed by atoms with Crippen LogP contribution in [0.25, 0.3) is 10.1 Å². The van der Waals surface area contributed by atoms with E-state index >= 15 is 0 Å². The fraction of sp³-hybridized carbons (Fsp3) is 0.613. The van der Waals surface area contributed by atoms with Crippen molar-refractivity contribution in [3.8, 4) is 0 Å². The van der Waals surface area contributed by atoms with Crippen molar-refractivity contribution >= 4 is 50.3 Å². The Balaban J connectivity index is 1.47. The van der Waals surface area contributed by atoms with E-state index in [1.54, 1.807) is 27.7 Å². The third-order valence-corrected chi connectivity index (χ3v) is 8.97. The molecule has 0 saturated carbocycles. The normalized spacial score (nSPS) is 20.3. The predicted molar refractivity (Wildman–Crippen MR) is 164 cm³/mol. The number of ether oxygens (including phenoxy) is 2. The van der Waals surface area contributed by atoms with E-state index in [1.807, 2.05) is 36.1 Å². The van der Waals surface area contributed by atoms with Gasteiger partial charge in [-0.25, -0.2) is 4.79 Å². The Morgan fingerprint density at radius 3 is 2.45 bits per heavy atom. The summed E-state index contributed by atoms with van der Waals surface area (Å²) in [4.78, 5) is 56.4. The Kier molecular flexibility index (Phi) is 10.1. The molecule has 42 heavy (non-hydrogen) atoms. The molecule has 2 aliphatic rings. The minimum Gasteiger partial charge on any atom is -0.466 e. The summed E-state index contributed by atoms with van der Waals surface area (Å²) in [5.74, 6) is -0.553. The number of rotatable bonds is 8. The lowest BCUT2D eigenvalue weighted by Crippen LogP contribution is -2.55. The van der Waals surface area contributed by atoms with E-state index in [1.165, 1.54) is 11.3 Å². The first-order valence-corrected chi connectivity index (χ1v) is 15.8. The lowest BCUT2D eigenvalue weighted by molar-refractivity contribution is -0.162. The van der Waals surface area contributed by atoms with Gasteiger partial charge in [-0.2, -0.15) is 0 Å². The molecule has 1 atom stereocenters. The molecule has 2 fully saturated rings. The highest BCUT2D eigenvalue weighted by molar-refractivity contribution is 7.23. The number of likely N-dealkylation sites (tertiary alicyclic amines) is 2. The Morgan fingerprint density at radius 1 is 1.07 bits per heavy atom. The molecule has 230 valence electrons. The number of carbonyl (C=O) groups excluding carboxylic acids is 4. The maximum atomic E-state index is 13.9. The number of benzene rings is 1. The second kappa shape index (κ2) is 13.4. The van der Waals surface area contributed by atoms with Gasteiger partial charge in [-0.1, -0.05) is 18.2 Å². The number of nitrogens with zero attached hydrogens (tertiary/aromatic N) is 2. The molecule has 0 spiro atoms. The van der Waals surface area contributed by atoms with Crippen molar-refractivity contribution < 1.29 is 28.7 Å². The van der Waals surface area contributed by atoms with E-state index in [0.29, 0.717) is 43.2 Å². The number of esters is 1. The summed E-state index contributed by atoms with van der Waals surface area (Å²) in [7, 11) is 0. The zero-order valence-electron chi connectivity index (χ0n) is 25.4. The Morgan fingerprint density at radius 2 is 1.79 bits per heavy atom. The summed E-state index contributed by atoms with van der Waals surface area (Å²) in [6.07, 6.45) is 2.45. The van der Waals surface area contributed by atoms with Crippen LogP contribution in [0.4, 0.5) is 9.80 Å². The van der Waals surface area contributed by atoms with Gasteiger partial charge in [-0.15, -0.1) is 11.3 Å². The van der Waals surface area contributed by atoms with E-state index < -0.39 is 17.1 Å². The molecule has 1 aromatic carbocycles. The molecule has 1 aromatic heterocycles. The van der Waals surface area contributed by atoms with Gasteiger partial charge < -0.3 is 19.7 Å². The smallest absolute Gasteiger partial charge is 0.412 e. The molecule has 0 aliphatic carbocycles. The molecule has 2 N–H and O–H groups in total. The molecule has 2 aromatic rings. The van der Waals surface area contributed by atoms with Crippen molar-refractivity contribution in [1.29, 1.82) is 0 Å². The molecule has 0 bridgehead atoms. The number of hydrogen-bond acceptors (Lipinski definition) is 8. The minimum atomic E-state index is -0.863. The van der Waals surface area contributed by atoms with Crippen LogP contribution in [-0.4, -0.2) is 84.7 Å². The van der Waals surface area contributed by atoms with Gasteiger partial charge in [0.1, 0.15) is 10.6 Å². The van der Waals surface area contributed by atoms with E-state index in [-0.39, 0.29) is 36.9 Å². The number of piperidine rings is 2. The van der Waals surface area contributed by atoms with Crippen molar-refractivity contribution in [2.24, 2.45) is 5.41 Å². The van der Waals surface area contributed by atoms with Gasteiger partial charge in [-0.3, -0.25) is 24.6 Å². The van der Waals surface area contributed by atoms with E-state index in [0.717, 1.165) is 35.9 Å². The first-order valence-electron chi connectivity index (χ1n) is 14.9. The second-order valence-corrected chi connectivity index (χ2v) is 13.2. The van der Waals surface area contributed by atoms with Gasteiger partial charge in [0.05, 0.1) is 17.6 Å². The monoisotopic (exact) mass is 600 g/mol. The van der Waals surface area contributed by atoms with Gasteiger partial charge in [0.25, 0.3) is 5.91 Å². The summed E-state index contributed by atoms with van der Waals surface area (Å²) in [5, 5.41) is 6.95. The van der Waals surface area contributed by atoms with E-state index in [4.69, 9.17) is 9.47 Å². The van der Waals surface area contributed by atoms with Crippen LogP contribution in [0.2, 0.25) is 0 Å². The van der Waals surface area contributed by atoms with Crippen LogP contribution < -0.4 is 10.6 Å². The number of anilines is 1. The first kappa shape index (κ1) is 31.7. The summed E-state index contributed by atoms with van der Waals surface area (Å²) >= 11 is 1.36. The zero-order chi connectivity index (χ0) is 30.5. The van der Waals surface area contributed by atoms with Crippen LogP contribution in [0.3, 0.4) is 0 Å². The Hall–Kier alpha value is -3.18. The van der Waals surface area contributed by atoms with Crippen molar-refractivity contribution in [3.63, 3.8) is 0 Å². The van der Waals surface area contributed by atoms with Gasteiger partial charge in [0.2, 0.25) is 5.91 Å².